The minimum absolute atomic E-state index is 0.118. The molecule has 3 nitrogen and oxygen atoms in total. The van der Waals surface area contributed by atoms with Crippen LogP contribution >= 0.6 is 11.6 Å². The summed E-state index contributed by atoms with van der Waals surface area (Å²) in [6.07, 6.45) is 2.20. The molecule has 1 saturated carbocycles. The Morgan fingerprint density at radius 2 is 1.86 bits per heavy atom. The fourth-order valence-electron chi connectivity index (χ4n) is 2.72. The van der Waals surface area contributed by atoms with E-state index in [1.165, 1.54) is 5.56 Å². The molecule has 1 fully saturated rings. The molecule has 0 saturated heterocycles. The van der Waals surface area contributed by atoms with Crippen molar-refractivity contribution in [3.8, 4) is 11.5 Å². The van der Waals surface area contributed by atoms with E-state index in [-0.39, 0.29) is 5.75 Å². The normalized spacial score (nSPS) is 20.7. The average molecular weight is 304 g/mol. The first-order chi connectivity index (χ1) is 10.2. The van der Waals surface area contributed by atoms with Gasteiger partial charge in [-0.2, -0.15) is 0 Å². The Morgan fingerprint density at radius 3 is 2.48 bits per heavy atom. The second-order valence-electron chi connectivity index (χ2n) is 5.45. The molecule has 0 bridgehead atoms. The van der Waals surface area contributed by atoms with Gasteiger partial charge in [0.15, 0.2) is 0 Å². The highest BCUT2D eigenvalue weighted by atomic mass is 35.5. The third-order valence-corrected chi connectivity index (χ3v) is 4.35. The van der Waals surface area contributed by atoms with E-state index in [2.05, 4.69) is 17.4 Å². The number of nitrogens with one attached hydrogen (secondary N) is 1. The van der Waals surface area contributed by atoms with Crippen LogP contribution in [-0.2, 0) is 0 Å². The van der Waals surface area contributed by atoms with Crippen molar-refractivity contribution < 1.29 is 9.84 Å². The molecule has 2 aromatic rings. The Bertz CT molecular complexity index is 621. The van der Waals surface area contributed by atoms with Crippen LogP contribution in [0.25, 0.3) is 0 Å². The van der Waals surface area contributed by atoms with Gasteiger partial charge in [0.2, 0.25) is 0 Å². The van der Waals surface area contributed by atoms with Crippen LogP contribution in [0, 0.1) is 0 Å². The van der Waals surface area contributed by atoms with Crippen LogP contribution in [0.5, 0.6) is 11.5 Å². The van der Waals surface area contributed by atoms with Gasteiger partial charge in [-0.15, -0.1) is 0 Å². The first kappa shape index (κ1) is 14.1. The highest BCUT2D eigenvalue weighted by Crippen LogP contribution is 2.39. The molecular weight excluding hydrogens is 286 g/mol. The van der Waals surface area contributed by atoms with Crippen molar-refractivity contribution in [3.05, 3.63) is 53.1 Å². The summed E-state index contributed by atoms with van der Waals surface area (Å²) in [7, 11) is 1.68. The Morgan fingerprint density at radius 1 is 1.14 bits per heavy atom. The molecule has 4 heteroatoms. The maximum absolute atomic E-state index is 9.41. The Hall–Kier alpha value is -1.87. The van der Waals surface area contributed by atoms with E-state index in [0.717, 1.165) is 24.3 Å². The summed E-state index contributed by atoms with van der Waals surface area (Å²) < 4.78 is 5.18. The second kappa shape index (κ2) is 5.86. The number of hydrogen-bond donors (Lipinski definition) is 2. The third kappa shape index (κ3) is 3.08. The van der Waals surface area contributed by atoms with Crippen molar-refractivity contribution in [3.63, 3.8) is 0 Å². The monoisotopic (exact) mass is 303 g/mol. The number of rotatable bonds is 4. The largest absolute Gasteiger partial charge is 0.506 e. The topological polar surface area (TPSA) is 41.5 Å². The van der Waals surface area contributed by atoms with Crippen LogP contribution in [0.2, 0.25) is 5.02 Å². The molecule has 1 aliphatic carbocycles. The zero-order valence-corrected chi connectivity index (χ0v) is 12.6. The number of methoxy groups -OCH3 is 1. The molecule has 0 atom stereocenters. The van der Waals surface area contributed by atoms with Crippen molar-refractivity contribution in [1.29, 1.82) is 0 Å². The molecular formula is C17H18ClNO2. The van der Waals surface area contributed by atoms with Crippen molar-refractivity contribution >= 4 is 17.3 Å². The molecule has 3 rings (SSSR count). The quantitative estimate of drug-likeness (QED) is 0.822. The number of phenolic OH excluding ortho intramolecular Hbond substituents is 1. The number of halogens is 1. The van der Waals surface area contributed by atoms with Gasteiger partial charge in [0.1, 0.15) is 11.5 Å². The molecule has 0 radical (unpaired) electrons. The molecule has 110 valence electrons. The van der Waals surface area contributed by atoms with Crippen LogP contribution in [0.3, 0.4) is 0 Å². The molecule has 2 N–H and O–H groups in total. The summed E-state index contributed by atoms with van der Waals surface area (Å²) in [5, 5.41) is 13.2. The second-order valence-corrected chi connectivity index (χ2v) is 5.86. The lowest BCUT2D eigenvalue weighted by atomic mass is 9.76. The number of hydrogen-bond acceptors (Lipinski definition) is 3. The summed E-state index contributed by atoms with van der Waals surface area (Å²) in [5.41, 5.74) is 2.31. The molecule has 0 aliphatic heterocycles. The summed E-state index contributed by atoms with van der Waals surface area (Å²) in [6, 6.07) is 14.0. The van der Waals surface area contributed by atoms with Crippen LogP contribution in [0.4, 0.5) is 5.69 Å². The third-order valence-electron chi connectivity index (χ3n) is 4.04. The summed E-state index contributed by atoms with van der Waals surface area (Å²) in [4.78, 5) is 0. The number of benzene rings is 2. The van der Waals surface area contributed by atoms with Gasteiger partial charge in [-0.3, -0.25) is 0 Å². The molecule has 0 aromatic heterocycles. The van der Waals surface area contributed by atoms with Gasteiger partial charge in [0.05, 0.1) is 12.1 Å². The minimum atomic E-state index is 0.118. The number of ether oxygens (including phenoxy) is 1. The number of anilines is 1. The molecule has 2 aromatic carbocycles. The molecule has 0 amide bonds. The predicted octanol–water partition coefficient (Wildman–Crippen LogP) is 4.41. The van der Waals surface area contributed by atoms with E-state index in [1.54, 1.807) is 19.2 Å². The predicted molar refractivity (Wildman–Crippen MR) is 85.5 cm³/mol. The first-order valence-corrected chi connectivity index (χ1v) is 7.42. The highest BCUT2D eigenvalue weighted by Gasteiger charge is 2.30. The molecule has 1 aliphatic rings. The SMILES string of the molecule is COc1ccc(C2CC(Nc3ccc(O)c(Cl)c3)C2)cc1. The van der Waals surface area contributed by atoms with Crippen molar-refractivity contribution in [2.75, 3.05) is 12.4 Å². The summed E-state index contributed by atoms with van der Waals surface area (Å²) >= 11 is 5.91. The zero-order valence-electron chi connectivity index (χ0n) is 11.8. The van der Waals surface area contributed by atoms with Gasteiger partial charge in [0, 0.05) is 11.7 Å². The maximum Gasteiger partial charge on any atom is 0.134 e. The molecule has 0 spiro atoms. The molecule has 0 unspecified atom stereocenters. The summed E-state index contributed by atoms with van der Waals surface area (Å²) in [6.45, 7) is 0. The minimum Gasteiger partial charge on any atom is -0.506 e. The van der Waals surface area contributed by atoms with Crippen LogP contribution < -0.4 is 10.1 Å². The van der Waals surface area contributed by atoms with Crippen LogP contribution in [0.1, 0.15) is 24.3 Å². The Labute approximate surface area is 129 Å². The van der Waals surface area contributed by atoms with Crippen molar-refractivity contribution in [2.45, 2.75) is 24.8 Å². The van der Waals surface area contributed by atoms with E-state index in [0.29, 0.717) is 17.0 Å². The lowest BCUT2D eigenvalue weighted by Crippen LogP contribution is -2.33. The van der Waals surface area contributed by atoms with Crippen molar-refractivity contribution in [2.24, 2.45) is 0 Å². The Kier molecular flexibility index (Phi) is 3.93. The number of aromatic hydroxyl groups is 1. The van der Waals surface area contributed by atoms with Gasteiger partial charge in [-0.1, -0.05) is 23.7 Å². The first-order valence-electron chi connectivity index (χ1n) is 7.04. The van der Waals surface area contributed by atoms with Gasteiger partial charge in [-0.25, -0.2) is 0 Å². The lowest BCUT2D eigenvalue weighted by Gasteiger charge is -2.37. The van der Waals surface area contributed by atoms with Gasteiger partial charge >= 0.3 is 0 Å². The van der Waals surface area contributed by atoms with E-state index in [4.69, 9.17) is 16.3 Å². The average Bonchev–Trinajstić information content (AvgIpc) is 2.46. The zero-order chi connectivity index (χ0) is 14.8. The Balaban J connectivity index is 1.56. The van der Waals surface area contributed by atoms with Gasteiger partial charge in [-0.05, 0) is 54.7 Å². The number of phenols is 1. The maximum atomic E-state index is 9.41. The van der Waals surface area contributed by atoms with Crippen molar-refractivity contribution in [1.82, 2.24) is 0 Å². The van der Waals surface area contributed by atoms with Crippen LogP contribution in [0.15, 0.2) is 42.5 Å². The van der Waals surface area contributed by atoms with E-state index < -0.39 is 0 Å². The molecule has 0 heterocycles. The van der Waals surface area contributed by atoms with E-state index in [1.807, 2.05) is 18.2 Å². The van der Waals surface area contributed by atoms with Gasteiger partial charge < -0.3 is 15.2 Å². The fourth-order valence-corrected chi connectivity index (χ4v) is 2.90. The van der Waals surface area contributed by atoms with E-state index >= 15 is 0 Å². The van der Waals surface area contributed by atoms with Gasteiger partial charge in [0.25, 0.3) is 0 Å². The standard InChI is InChI=1S/C17H18ClNO2/c1-21-15-5-2-11(3-6-15)12-8-14(9-12)19-13-4-7-17(20)16(18)10-13/h2-7,10,12,14,19-20H,8-9H2,1H3. The van der Waals surface area contributed by atoms with Crippen LogP contribution in [-0.4, -0.2) is 18.3 Å². The molecule has 21 heavy (non-hydrogen) atoms. The fraction of sp³-hybridized carbons (Fsp3) is 0.294. The summed E-state index contributed by atoms with van der Waals surface area (Å²) in [5.74, 6) is 1.61. The lowest BCUT2D eigenvalue weighted by molar-refractivity contribution is 0.373. The smallest absolute Gasteiger partial charge is 0.134 e. The highest BCUT2D eigenvalue weighted by molar-refractivity contribution is 6.32. The van der Waals surface area contributed by atoms with E-state index in [9.17, 15) is 5.11 Å².